The Bertz CT molecular complexity index is 368. The second kappa shape index (κ2) is 7.84. The SMILES string of the molecule is C=CCN(CCO)c1ncccc1C(C)NCC. The fourth-order valence-corrected chi connectivity index (χ4v) is 1.99. The van der Waals surface area contributed by atoms with Crippen LogP contribution in [0.4, 0.5) is 5.82 Å². The molecule has 18 heavy (non-hydrogen) atoms. The summed E-state index contributed by atoms with van der Waals surface area (Å²) in [7, 11) is 0. The Morgan fingerprint density at radius 3 is 3.00 bits per heavy atom. The van der Waals surface area contributed by atoms with E-state index in [4.69, 9.17) is 5.11 Å². The smallest absolute Gasteiger partial charge is 0.133 e. The van der Waals surface area contributed by atoms with Gasteiger partial charge in [-0.3, -0.25) is 0 Å². The van der Waals surface area contributed by atoms with Crippen LogP contribution in [0.15, 0.2) is 31.0 Å². The normalized spacial score (nSPS) is 12.2. The van der Waals surface area contributed by atoms with Crippen LogP contribution in [0.2, 0.25) is 0 Å². The molecule has 0 aromatic carbocycles. The molecule has 1 aromatic heterocycles. The number of hydrogen-bond donors (Lipinski definition) is 2. The predicted molar refractivity (Wildman–Crippen MR) is 75.8 cm³/mol. The number of anilines is 1. The van der Waals surface area contributed by atoms with Crippen molar-refractivity contribution in [2.45, 2.75) is 19.9 Å². The van der Waals surface area contributed by atoms with Gasteiger partial charge in [-0.25, -0.2) is 4.98 Å². The number of aliphatic hydroxyl groups excluding tert-OH is 1. The number of nitrogens with one attached hydrogen (secondary N) is 1. The van der Waals surface area contributed by atoms with E-state index in [0.717, 1.165) is 17.9 Å². The zero-order chi connectivity index (χ0) is 13.4. The molecule has 0 amide bonds. The molecule has 1 heterocycles. The molecule has 4 heteroatoms. The molecule has 1 aromatic rings. The van der Waals surface area contributed by atoms with Gasteiger partial charge >= 0.3 is 0 Å². The highest BCUT2D eigenvalue weighted by atomic mass is 16.3. The second-order valence-corrected chi connectivity index (χ2v) is 4.15. The fraction of sp³-hybridized carbons (Fsp3) is 0.500. The Kier molecular flexibility index (Phi) is 6.39. The first-order chi connectivity index (χ1) is 8.74. The zero-order valence-corrected chi connectivity index (χ0v) is 11.3. The van der Waals surface area contributed by atoms with Crippen LogP contribution in [-0.2, 0) is 0 Å². The van der Waals surface area contributed by atoms with E-state index >= 15 is 0 Å². The topological polar surface area (TPSA) is 48.4 Å². The molecule has 0 aliphatic rings. The molecule has 0 aliphatic carbocycles. The van der Waals surface area contributed by atoms with Gasteiger partial charge in [-0.2, -0.15) is 0 Å². The Labute approximate surface area is 109 Å². The molecule has 0 spiro atoms. The number of hydrogen-bond acceptors (Lipinski definition) is 4. The van der Waals surface area contributed by atoms with Crippen LogP contribution in [0.1, 0.15) is 25.5 Å². The van der Waals surface area contributed by atoms with E-state index in [1.165, 1.54) is 0 Å². The van der Waals surface area contributed by atoms with Crippen molar-refractivity contribution in [3.63, 3.8) is 0 Å². The third-order valence-electron chi connectivity index (χ3n) is 2.81. The summed E-state index contributed by atoms with van der Waals surface area (Å²) in [5, 5.41) is 12.5. The maximum Gasteiger partial charge on any atom is 0.133 e. The highest BCUT2D eigenvalue weighted by Crippen LogP contribution is 2.23. The maximum atomic E-state index is 9.14. The van der Waals surface area contributed by atoms with Gasteiger partial charge in [-0.05, 0) is 19.5 Å². The molecular weight excluding hydrogens is 226 g/mol. The van der Waals surface area contributed by atoms with Crippen molar-refractivity contribution in [3.8, 4) is 0 Å². The third-order valence-corrected chi connectivity index (χ3v) is 2.81. The van der Waals surface area contributed by atoms with Crippen molar-refractivity contribution < 1.29 is 5.11 Å². The summed E-state index contributed by atoms with van der Waals surface area (Å²) in [5.74, 6) is 0.917. The second-order valence-electron chi connectivity index (χ2n) is 4.15. The van der Waals surface area contributed by atoms with E-state index in [1.807, 2.05) is 17.0 Å². The van der Waals surface area contributed by atoms with Crippen molar-refractivity contribution >= 4 is 5.82 Å². The molecule has 2 N–H and O–H groups in total. The molecule has 0 saturated carbocycles. The van der Waals surface area contributed by atoms with Gasteiger partial charge in [0, 0.05) is 30.9 Å². The molecule has 100 valence electrons. The monoisotopic (exact) mass is 249 g/mol. The third kappa shape index (κ3) is 3.82. The van der Waals surface area contributed by atoms with Crippen molar-refractivity contribution in [2.75, 3.05) is 31.1 Å². The molecular formula is C14H23N3O. The molecule has 0 aliphatic heterocycles. The number of pyridine rings is 1. The molecule has 1 rings (SSSR count). The first kappa shape index (κ1) is 14.7. The molecule has 1 atom stereocenters. The molecule has 4 nitrogen and oxygen atoms in total. The summed E-state index contributed by atoms with van der Waals surface area (Å²) < 4.78 is 0. The Hall–Kier alpha value is -1.39. The highest BCUT2D eigenvalue weighted by Gasteiger charge is 2.15. The van der Waals surface area contributed by atoms with Crippen LogP contribution < -0.4 is 10.2 Å². The van der Waals surface area contributed by atoms with Crippen LogP contribution >= 0.6 is 0 Å². The Morgan fingerprint density at radius 1 is 1.61 bits per heavy atom. The lowest BCUT2D eigenvalue weighted by Gasteiger charge is -2.26. The van der Waals surface area contributed by atoms with Gasteiger partial charge in [0.25, 0.3) is 0 Å². The minimum absolute atomic E-state index is 0.111. The lowest BCUT2D eigenvalue weighted by molar-refractivity contribution is 0.302. The largest absolute Gasteiger partial charge is 0.395 e. The Morgan fingerprint density at radius 2 is 2.39 bits per heavy atom. The summed E-state index contributed by atoms with van der Waals surface area (Å²) in [6.45, 7) is 10.2. The summed E-state index contributed by atoms with van der Waals surface area (Å²) in [4.78, 5) is 6.48. The summed E-state index contributed by atoms with van der Waals surface area (Å²) in [6.07, 6.45) is 3.61. The van der Waals surface area contributed by atoms with Gasteiger partial charge in [0.2, 0.25) is 0 Å². The average Bonchev–Trinajstić information content (AvgIpc) is 2.39. The van der Waals surface area contributed by atoms with Crippen molar-refractivity contribution in [3.05, 3.63) is 36.5 Å². The molecule has 0 saturated heterocycles. The molecule has 0 radical (unpaired) electrons. The highest BCUT2D eigenvalue weighted by molar-refractivity contribution is 5.48. The van der Waals surface area contributed by atoms with E-state index in [1.54, 1.807) is 6.20 Å². The van der Waals surface area contributed by atoms with Crippen LogP contribution in [0, 0.1) is 0 Å². The maximum absolute atomic E-state index is 9.14. The average molecular weight is 249 g/mol. The number of nitrogens with zero attached hydrogens (tertiary/aromatic N) is 2. The van der Waals surface area contributed by atoms with E-state index in [9.17, 15) is 0 Å². The van der Waals surface area contributed by atoms with Gasteiger partial charge in [-0.1, -0.05) is 19.1 Å². The Balaban J connectivity index is 3.00. The van der Waals surface area contributed by atoms with Gasteiger partial charge < -0.3 is 15.3 Å². The van der Waals surface area contributed by atoms with Gasteiger partial charge in [-0.15, -0.1) is 6.58 Å². The van der Waals surface area contributed by atoms with E-state index in [-0.39, 0.29) is 12.6 Å². The van der Waals surface area contributed by atoms with E-state index < -0.39 is 0 Å². The predicted octanol–water partition coefficient (Wildman–Crippen LogP) is 1.74. The number of rotatable bonds is 8. The lowest BCUT2D eigenvalue weighted by Crippen LogP contribution is -2.30. The minimum atomic E-state index is 0.111. The van der Waals surface area contributed by atoms with E-state index in [2.05, 4.69) is 36.8 Å². The van der Waals surface area contributed by atoms with Crippen molar-refractivity contribution in [1.82, 2.24) is 10.3 Å². The van der Waals surface area contributed by atoms with Crippen LogP contribution in [0.5, 0.6) is 0 Å². The molecule has 0 bridgehead atoms. The van der Waals surface area contributed by atoms with Gasteiger partial charge in [0.1, 0.15) is 5.82 Å². The number of aliphatic hydroxyl groups is 1. The quantitative estimate of drug-likeness (QED) is 0.689. The van der Waals surface area contributed by atoms with Crippen LogP contribution in [0.25, 0.3) is 0 Å². The van der Waals surface area contributed by atoms with Gasteiger partial charge in [0.05, 0.1) is 6.61 Å². The summed E-state index contributed by atoms with van der Waals surface area (Å²) >= 11 is 0. The van der Waals surface area contributed by atoms with E-state index in [0.29, 0.717) is 13.1 Å². The van der Waals surface area contributed by atoms with Crippen molar-refractivity contribution in [2.24, 2.45) is 0 Å². The standard InChI is InChI=1S/C14H23N3O/c1-4-9-17(10-11-18)14-13(7-6-8-16-14)12(3)15-5-2/h4,6-8,12,15,18H,1,5,9-11H2,2-3H3. The minimum Gasteiger partial charge on any atom is -0.395 e. The van der Waals surface area contributed by atoms with Crippen molar-refractivity contribution in [1.29, 1.82) is 0 Å². The summed E-state index contributed by atoms with van der Waals surface area (Å²) in [6, 6.07) is 4.26. The van der Waals surface area contributed by atoms with Crippen LogP contribution in [-0.4, -0.2) is 36.3 Å². The fourth-order valence-electron chi connectivity index (χ4n) is 1.99. The number of aromatic nitrogens is 1. The summed E-state index contributed by atoms with van der Waals surface area (Å²) in [5.41, 5.74) is 1.15. The van der Waals surface area contributed by atoms with Gasteiger partial charge in [0.15, 0.2) is 0 Å². The molecule has 1 unspecified atom stereocenters. The lowest BCUT2D eigenvalue weighted by atomic mass is 10.1. The van der Waals surface area contributed by atoms with Crippen LogP contribution in [0.3, 0.4) is 0 Å². The first-order valence-corrected chi connectivity index (χ1v) is 6.39. The zero-order valence-electron chi connectivity index (χ0n) is 11.3. The molecule has 0 fully saturated rings. The first-order valence-electron chi connectivity index (χ1n) is 6.39.